The molecule has 2 N–H and O–H groups in total. The molecular weight excluding hydrogens is 262 g/mol. The Morgan fingerprint density at radius 3 is 2.25 bits per heavy atom. The lowest BCUT2D eigenvalue weighted by atomic mass is 9.83. The molecule has 2 heterocycles. The zero-order valence-electron chi connectivity index (χ0n) is 12.6. The molecule has 0 bridgehead atoms. The van der Waals surface area contributed by atoms with Crippen molar-refractivity contribution < 1.29 is 24.1 Å². The Morgan fingerprint density at radius 1 is 1.15 bits per heavy atom. The van der Waals surface area contributed by atoms with Gasteiger partial charge in [0.1, 0.15) is 6.10 Å². The van der Waals surface area contributed by atoms with Crippen LogP contribution in [0, 0.1) is 5.92 Å². The first-order chi connectivity index (χ1) is 9.43. The van der Waals surface area contributed by atoms with E-state index in [2.05, 4.69) is 5.32 Å². The van der Waals surface area contributed by atoms with Gasteiger partial charge in [-0.3, -0.25) is 0 Å². The third-order valence-electron chi connectivity index (χ3n) is 5.45. The van der Waals surface area contributed by atoms with Crippen LogP contribution in [0.4, 0.5) is 0 Å². The average Bonchev–Trinajstić information content (AvgIpc) is 3.21. The normalized spacial score (nSPS) is 50.0. The Kier molecular flexibility index (Phi) is 3.40. The number of aliphatic hydroxyl groups excluding tert-OH is 1. The van der Waals surface area contributed by atoms with Gasteiger partial charge in [0.15, 0.2) is 0 Å². The van der Waals surface area contributed by atoms with Crippen LogP contribution >= 0.6 is 0 Å². The zero-order chi connectivity index (χ0) is 14.6. The highest BCUT2D eigenvalue weighted by Crippen LogP contribution is 2.51. The van der Waals surface area contributed by atoms with Crippen LogP contribution < -0.4 is 5.32 Å². The van der Waals surface area contributed by atoms with Gasteiger partial charge in [0.25, 0.3) is 0 Å². The van der Waals surface area contributed by atoms with Gasteiger partial charge in [-0.1, -0.05) is 0 Å². The van der Waals surface area contributed by atoms with Crippen molar-refractivity contribution in [1.82, 2.24) is 5.32 Å². The number of hydrogen-bond acceptors (Lipinski definition) is 6. The molecular formula is C14H25NO5. The van der Waals surface area contributed by atoms with Gasteiger partial charge in [-0.2, -0.15) is 0 Å². The molecule has 6 heteroatoms. The first kappa shape index (κ1) is 14.7. The maximum atomic E-state index is 9.79. The molecule has 0 amide bonds. The van der Waals surface area contributed by atoms with E-state index in [0.29, 0.717) is 6.54 Å². The molecule has 1 saturated carbocycles. The van der Waals surface area contributed by atoms with Gasteiger partial charge in [-0.15, -0.1) is 0 Å². The standard InChI is InChI=1S/C14H25NO5/c1-12(17-3)13(2,18-4)20-11-9(8-16)14(5-6-14)15-7-10(11)19-12/h9-11,15-16H,5-8H2,1-4H3/t9-,10-,11-,12+,13+/m1/s1. The Bertz CT molecular complexity index is 388. The summed E-state index contributed by atoms with van der Waals surface area (Å²) in [6, 6.07) is 0. The fraction of sp³-hybridized carbons (Fsp3) is 1.00. The van der Waals surface area contributed by atoms with E-state index < -0.39 is 11.6 Å². The molecule has 0 aromatic rings. The van der Waals surface area contributed by atoms with Gasteiger partial charge in [0, 0.05) is 32.2 Å². The summed E-state index contributed by atoms with van der Waals surface area (Å²) in [6.07, 6.45) is 1.83. The first-order valence-corrected chi connectivity index (χ1v) is 7.25. The molecule has 1 spiro atoms. The summed E-state index contributed by atoms with van der Waals surface area (Å²) in [5.41, 5.74) is 0.0226. The number of rotatable bonds is 3. The minimum atomic E-state index is -0.996. The van der Waals surface area contributed by atoms with E-state index in [1.165, 1.54) is 0 Å². The predicted octanol–water partition coefficient (Wildman–Crippen LogP) is 0.240. The summed E-state index contributed by atoms with van der Waals surface area (Å²) in [7, 11) is 3.17. The molecule has 0 aromatic heterocycles. The summed E-state index contributed by atoms with van der Waals surface area (Å²) in [6.45, 7) is 4.44. The second-order valence-electron chi connectivity index (χ2n) is 6.36. The number of fused-ring (bicyclic) bond motifs is 1. The van der Waals surface area contributed by atoms with Gasteiger partial charge < -0.3 is 29.4 Å². The monoisotopic (exact) mass is 287 g/mol. The lowest BCUT2D eigenvalue weighted by Gasteiger charge is -2.56. The SMILES string of the molecule is CO[C@@]1(C)O[C@@H]2[C@@H](CO)C3(CC3)NC[C@H]2O[C@]1(C)OC. The average molecular weight is 287 g/mol. The quantitative estimate of drug-likeness (QED) is 0.775. The molecule has 1 aliphatic carbocycles. The van der Waals surface area contributed by atoms with Crippen LogP contribution in [0.2, 0.25) is 0 Å². The highest BCUT2D eigenvalue weighted by atomic mass is 16.8. The largest absolute Gasteiger partial charge is 0.396 e. The zero-order valence-corrected chi connectivity index (χ0v) is 12.6. The van der Waals surface area contributed by atoms with Crippen molar-refractivity contribution in [3.63, 3.8) is 0 Å². The molecule has 3 fully saturated rings. The van der Waals surface area contributed by atoms with E-state index in [4.69, 9.17) is 18.9 Å². The molecule has 20 heavy (non-hydrogen) atoms. The minimum Gasteiger partial charge on any atom is -0.396 e. The Morgan fingerprint density at radius 2 is 1.75 bits per heavy atom. The number of aliphatic hydroxyl groups is 1. The fourth-order valence-electron chi connectivity index (χ4n) is 3.58. The lowest BCUT2D eigenvalue weighted by molar-refractivity contribution is -0.456. The maximum Gasteiger partial charge on any atom is 0.220 e. The van der Waals surface area contributed by atoms with Crippen molar-refractivity contribution in [3.05, 3.63) is 0 Å². The predicted molar refractivity (Wildman–Crippen MR) is 71.1 cm³/mol. The molecule has 2 saturated heterocycles. The van der Waals surface area contributed by atoms with Crippen LogP contribution in [0.3, 0.4) is 0 Å². The lowest BCUT2D eigenvalue weighted by Crippen LogP contribution is -2.72. The first-order valence-electron chi connectivity index (χ1n) is 7.25. The topological polar surface area (TPSA) is 69.2 Å². The van der Waals surface area contributed by atoms with E-state index in [0.717, 1.165) is 12.8 Å². The van der Waals surface area contributed by atoms with Crippen molar-refractivity contribution in [1.29, 1.82) is 0 Å². The fourth-order valence-corrected chi connectivity index (χ4v) is 3.58. The van der Waals surface area contributed by atoms with E-state index in [9.17, 15) is 5.11 Å². The van der Waals surface area contributed by atoms with Crippen molar-refractivity contribution >= 4 is 0 Å². The second kappa shape index (κ2) is 4.63. The van der Waals surface area contributed by atoms with E-state index >= 15 is 0 Å². The van der Waals surface area contributed by atoms with Crippen LogP contribution in [0.1, 0.15) is 26.7 Å². The molecule has 116 valence electrons. The van der Waals surface area contributed by atoms with Gasteiger partial charge in [-0.05, 0) is 26.7 Å². The summed E-state index contributed by atoms with van der Waals surface area (Å²) in [5, 5.41) is 13.3. The maximum absolute atomic E-state index is 9.79. The second-order valence-corrected chi connectivity index (χ2v) is 6.36. The van der Waals surface area contributed by atoms with Crippen molar-refractivity contribution in [2.45, 2.75) is 56.0 Å². The highest BCUT2D eigenvalue weighted by Gasteiger charge is 2.64. The molecule has 3 rings (SSSR count). The number of ether oxygens (including phenoxy) is 4. The molecule has 2 aliphatic heterocycles. The number of methoxy groups -OCH3 is 2. The number of piperidine rings is 1. The molecule has 0 aromatic carbocycles. The molecule has 0 radical (unpaired) electrons. The minimum absolute atomic E-state index is 0.0226. The van der Waals surface area contributed by atoms with E-state index in [1.807, 2.05) is 13.8 Å². The van der Waals surface area contributed by atoms with E-state index in [1.54, 1.807) is 14.2 Å². The smallest absolute Gasteiger partial charge is 0.220 e. The van der Waals surface area contributed by atoms with Crippen molar-refractivity contribution in [2.75, 3.05) is 27.4 Å². The molecule has 3 aliphatic rings. The Hall–Kier alpha value is -0.240. The van der Waals surface area contributed by atoms with Crippen LogP contribution in [0.25, 0.3) is 0 Å². The van der Waals surface area contributed by atoms with Gasteiger partial charge in [-0.25, -0.2) is 0 Å². The van der Waals surface area contributed by atoms with Gasteiger partial charge >= 0.3 is 0 Å². The number of hydrogen-bond donors (Lipinski definition) is 2. The van der Waals surface area contributed by atoms with Crippen molar-refractivity contribution in [2.24, 2.45) is 5.92 Å². The summed E-state index contributed by atoms with van der Waals surface area (Å²) >= 11 is 0. The van der Waals surface area contributed by atoms with Gasteiger partial charge in [0.2, 0.25) is 11.6 Å². The van der Waals surface area contributed by atoms with Crippen LogP contribution in [-0.2, 0) is 18.9 Å². The third-order valence-corrected chi connectivity index (χ3v) is 5.45. The summed E-state index contributed by atoms with van der Waals surface area (Å²) in [5.74, 6) is -1.94. The highest BCUT2D eigenvalue weighted by molar-refractivity contribution is 5.15. The molecule has 6 nitrogen and oxygen atoms in total. The Labute approximate surface area is 119 Å². The summed E-state index contributed by atoms with van der Waals surface area (Å²) in [4.78, 5) is 0. The van der Waals surface area contributed by atoms with Crippen LogP contribution in [0.5, 0.6) is 0 Å². The van der Waals surface area contributed by atoms with Crippen molar-refractivity contribution in [3.8, 4) is 0 Å². The van der Waals surface area contributed by atoms with Crippen LogP contribution in [0.15, 0.2) is 0 Å². The summed E-state index contributed by atoms with van der Waals surface area (Å²) < 4.78 is 23.4. The number of nitrogens with one attached hydrogen (secondary N) is 1. The van der Waals surface area contributed by atoms with Gasteiger partial charge in [0.05, 0.1) is 12.7 Å². The molecule has 0 unspecified atom stereocenters. The Balaban J connectivity index is 1.88. The van der Waals surface area contributed by atoms with Crippen LogP contribution in [-0.4, -0.2) is 61.8 Å². The molecule has 5 atom stereocenters. The van der Waals surface area contributed by atoms with E-state index in [-0.39, 0.29) is 30.3 Å². The third kappa shape index (κ3) is 1.86.